The number of likely N-dealkylation sites (tertiary alicyclic amines) is 1. The van der Waals surface area contributed by atoms with Crippen molar-refractivity contribution in [2.75, 3.05) is 19.6 Å². The number of nitrogens with one attached hydrogen (secondary N) is 2. The first-order chi connectivity index (χ1) is 16.9. The van der Waals surface area contributed by atoms with Crippen LogP contribution >= 0.6 is 11.3 Å². The van der Waals surface area contributed by atoms with Gasteiger partial charge in [-0.1, -0.05) is 42.5 Å². The molecule has 0 aliphatic carbocycles. The summed E-state index contributed by atoms with van der Waals surface area (Å²) < 4.78 is 1.17. The molecule has 0 spiro atoms. The molecule has 3 heterocycles. The van der Waals surface area contributed by atoms with Crippen LogP contribution in [0.2, 0.25) is 0 Å². The molecule has 2 aliphatic rings. The van der Waals surface area contributed by atoms with Crippen LogP contribution in [0.15, 0.2) is 54.6 Å². The van der Waals surface area contributed by atoms with Crippen LogP contribution in [0.4, 0.5) is 4.79 Å². The number of hydrogen-bond donors (Lipinski definition) is 2. The average Bonchev–Trinajstić information content (AvgIpc) is 3.39. The number of imide groups is 1. The van der Waals surface area contributed by atoms with Gasteiger partial charge in [0.05, 0.1) is 21.8 Å². The number of nitrogens with zero attached hydrogens (tertiary/aromatic N) is 3. The Kier molecular flexibility index (Phi) is 6.53. The Morgan fingerprint density at radius 3 is 2.74 bits per heavy atom. The summed E-state index contributed by atoms with van der Waals surface area (Å²) in [5.41, 5.74) is 3.58. The fourth-order valence-corrected chi connectivity index (χ4v) is 5.92. The monoisotopic (exact) mass is 491 g/mol. The number of aromatic nitrogens is 1. The van der Waals surface area contributed by atoms with E-state index in [0.717, 1.165) is 47.0 Å². The minimum Gasteiger partial charge on any atom is -0.322 e. The highest BCUT2D eigenvalue weighted by atomic mass is 32.1. The van der Waals surface area contributed by atoms with E-state index >= 15 is 0 Å². The van der Waals surface area contributed by atoms with Crippen molar-refractivity contribution < 1.29 is 14.4 Å². The Bertz CT molecular complexity index is 1210. The number of aryl methyl sites for hydroxylation is 1. The lowest BCUT2D eigenvalue weighted by Gasteiger charge is -2.31. The zero-order valence-corrected chi connectivity index (χ0v) is 20.5. The lowest BCUT2D eigenvalue weighted by atomic mass is 9.93. The molecule has 35 heavy (non-hydrogen) atoms. The molecular weight excluding hydrogens is 462 g/mol. The van der Waals surface area contributed by atoms with Crippen LogP contribution in [0.3, 0.4) is 0 Å². The van der Waals surface area contributed by atoms with Crippen molar-refractivity contribution >= 4 is 39.4 Å². The van der Waals surface area contributed by atoms with Gasteiger partial charge in [-0.05, 0) is 56.8 Å². The number of para-hydroxylation sites is 1. The first-order valence-corrected chi connectivity index (χ1v) is 12.8. The molecule has 0 saturated carbocycles. The molecule has 182 valence electrons. The van der Waals surface area contributed by atoms with E-state index in [9.17, 15) is 14.4 Å². The molecule has 2 fully saturated rings. The van der Waals surface area contributed by atoms with E-state index in [1.807, 2.05) is 48.5 Å². The largest absolute Gasteiger partial charge is 0.344 e. The van der Waals surface area contributed by atoms with Gasteiger partial charge in [-0.15, -0.1) is 11.3 Å². The number of benzene rings is 2. The van der Waals surface area contributed by atoms with Crippen molar-refractivity contribution in [3.8, 4) is 0 Å². The van der Waals surface area contributed by atoms with E-state index in [2.05, 4.69) is 21.7 Å². The molecule has 4 amide bonds. The minimum atomic E-state index is -1.05. The van der Waals surface area contributed by atoms with E-state index in [1.165, 1.54) is 4.70 Å². The van der Waals surface area contributed by atoms with Crippen molar-refractivity contribution in [3.05, 3.63) is 65.2 Å². The van der Waals surface area contributed by atoms with Gasteiger partial charge in [-0.3, -0.25) is 19.9 Å². The molecule has 9 heteroatoms. The van der Waals surface area contributed by atoms with Crippen LogP contribution in [0.5, 0.6) is 0 Å². The van der Waals surface area contributed by atoms with E-state index in [0.29, 0.717) is 12.8 Å². The Hall–Kier alpha value is -3.30. The highest BCUT2D eigenvalue weighted by Crippen LogP contribution is 2.33. The number of amides is 4. The molecule has 0 bridgehead atoms. The van der Waals surface area contributed by atoms with Crippen molar-refractivity contribution in [2.24, 2.45) is 0 Å². The number of urea groups is 1. The smallest absolute Gasteiger partial charge is 0.322 e. The third-order valence-electron chi connectivity index (χ3n) is 6.79. The summed E-state index contributed by atoms with van der Waals surface area (Å²) in [6.07, 6.45) is 3.09. The quantitative estimate of drug-likeness (QED) is 0.494. The second kappa shape index (κ2) is 9.75. The Morgan fingerprint density at radius 1 is 1.17 bits per heavy atom. The SMILES string of the molecule is C[C@]1(CCc2ccccc2)NC(=O)N(NC(=O)CN2CCC[C@@H](c3nc4ccccc4s3)C2)C1=O. The summed E-state index contributed by atoms with van der Waals surface area (Å²) >= 11 is 1.71. The summed E-state index contributed by atoms with van der Waals surface area (Å²) in [7, 11) is 0. The predicted octanol–water partition coefficient (Wildman–Crippen LogP) is 3.45. The summed E-state index contributed by atoms with van der Waals surface area (Å²) in [6.45, 7) is 3.35. The fourth-order valence-electron chi connectivity index (χ4n) is 4.82. The van der Waals surface area contributed by atoms with Crippen LogP contribution in [-0.2, 0) is 16.0 Å². The van der Waals surface area contributed by atoms with E-state index in [-0.39, 0.29) is 18.4 Å². The van der Waals surface area contributed by atoms with Crippen LogP contribution in [-0.4, -0.2) is 57.9 Å². The van der Waals surface area contributed by atoms with Crippen LogP contribution in [0.25, 0.3) is 10.2 Å². The average molecular weight is 492 g/mol. The molecule has 2 saturated heterocycles. The zero-order valence-electron chi connectivity index (χ0n) is 19.7. The van der Waals surface area contributed by atoms with Gasteiger partial charge in [0.1, 0.15) is 5.54 Å². The number of hydrazine groups is 1. The molecule has 2 aromatic carbocycles. The Balaban J connectivity index is 1.17. The topological polar surface area (TPSA) is 94.6 Å². The third-order valence-corrected chi connectivity index (χ3v) is 7.99. The maximum atomic E-state index is 13.0. The van der Waals surface area contributed by atoms with E-state index < -0.39 is 17.5 Å². The first kappa shape index (κ1) is 23.4. The molecule has 8 nitrogen and oxygen atoms in total. The number of rotatable bonds is 7. The number of hydrogen-bond acceptors (Lipinski definition) is 6. The summed E-state index contributed by atoms with van der Waals surface area (Å²) in [5.74, 6) is -0.532. The first-order valence-electron chi connectivity index (χ1n) is 12.0. The van der Waals surface area contributed by atoms with Crippen molar-refractivity contribution in [2.45, 2.75) is 44.1 Å². The van der Waals surface area contributed by atoms with E-state index in [1.54, 1.807) is 18.3 Å². The molecule has 2 N–H and O–H groups in total. The number of carbonyl (C=O) groups excluding carboxylic acids is 3. The van der Waals surface area contributed by atoms with Crippen molar-refractivity contribution in [1.82, 2.24) is 25.6 Å². The molecule has 0 radical (unpaired) electrons. The van der Waals surface area contributed by atoms with E-state index in [4.69, 9.17) is 4.98 Å². The summed E-state index contributed by atoms with van der Waals surface area (Å²) in [6, 6.07) is 17.3. The Morgan fingerprint density at radius 2 is 1.94 bits per heavy atom. The maximum Gasteiger partial charge on any atom is 0.344 e. The highest BCUT2D eigenvalue weighted by Gasteiger charge is 2.48. The maximum absolute atomic E-state index is 13.0. The Labute approximate surface area is 208 Å². The number of piperidine rings is 1. The molecule has 2 atom stereocenters. The van der Waals surface area contributed by atoms with Gasteiger partial charge >= 0.3 is 6.03 Å². The van der Waals surface area contributed by atoms with Gasteiger partial charge in [0, 0.05) is 12.5 Å². The van der Waals surface area contributed by atoms with Crippen molar-refractivity contribution in [3.63, 3.8) is 0 Å². The minimum absolute atomic E-state index is 0.124. The zero-order chi connectivity index (χ0) is 24.4. The standard InChI is InChI=1S/C26H29N5O3S/c1-26(14-13-18-8-3-2-4-9-18)24(33)31(25(34)28-26)29-22(32)17-30-15-7-10-19(16-30)23-27-20-11-5-6-12-21(20)35-23/h2-6,8-9,11-12,19H,7,10,13-17H2,1H3,(H,28,34)(H,29,32)/t19-,26-/m1/s1. The second-order valence-electron chi connectivity index (χ2n) is 9.52. The molecule has 1 aromatic heterocycles. The summed E-state index contributed by atoms with van der Waals surface area (Å²) in [4.78, 5) is 45.2. The highest BCUT2D eigenvalue weighted by molar-refractivity contribution is 7.18. The lowest BCUT2D eigenvalue weighted by Crippen LogP contribution is -2.52. The molecule has 5 rings (SSSR count). The van der Waals surface area contributed by atoms with Crippen LogP contribution in [0.1, 0.15) is 42.7 Å². The normalized spacial score (nSPS) is 23.0. The molecule has 0 unspecified atom stereocenters. The fraction of sp³-hybridized carbons (Fsp3) is 0.385. The van der Waals surface area contributed by atoms with Gasteiger partial charge < -0.3 is 5.32 Å². The molecular formula is C26H29N5O3S. The van der Waals surface area contributed by atoms with Gasteiger partial charge in [-0.2, -0.15) is 5.01 Å². The van der Waals surface area contributed by atoms with Crippen LogP contribution < -0.4 is 10.7 Å². The molecule has 3 aromatic rings. The third kappa shape index (κ3) is 5.06. The number of thiazole rings is 1. The molecule has 2 aliphatic heterocycles. The van der Waals surface area contributed by atoms with Gasteiger partial charge in [0.25, 0.3) is 11.8 Å². The van der Waals surface area contributed by atoms with Crippen LogP contribution in [0, 0.1) is 0 Å². The number of carbonyl (C=O) groups is 3. The second-order valence-corrected chi connectivity index (χ2v) is 10.6. The van der Waals surface area contributed by atoms with Crippen molar-refractivity contribution in [1.29, 1.82) is 0 Å². The number of fused-ring (bicyclic) bond motifs is 1. The van der Waals surface area contributed by atoms with Gasteiger partial charge in [-0.25, -0.2) is 9.78 Å². The lowest BCUT2D eigenvalue weighted by molar-refractivity contribution is -0.139. The van der Waals surface area contributed by atoms with Gasteiger partial charge in [0.2, 0.25) is 0 Å². The summed E-state index contributed by atoms with van der Waals surface area (Å²) in [5, 5.41) is 4.69. The predicted molar refractivity (Wildman–Crippen MR) is 135 cm³/mol. The van der Waals surface area contributed by atoms with Gasteiger partial charge in [0.15, 0.2) is 0 Å².